The molecule has 0 aromatic heterocycles. The van der Waals surface area contributed by atoms with Gasteiger partial charge in [0, 0.05) is 0 Å². The molecule has 1 fully saturated rings. The van der Waals surface area contributed by atoms with Gasteiger partial charge in [-0.3, -0.25) is 14.4 Å². The quantitative estimate of drug-likeness (QED) is 0.305. The van der Waals surface area contributed by atoms with Crippen LogP contribution in [-0.4, -0.2) is 54.0 Å². The topological polar surface area (TPSA) is 102 Å². The number of benzene rings is 1. The van der Waals surface area contributed by atoms with E-state index in [0.717, 1.165) is 5.56 Å². The van der Waals surface area contributed by atoms with Gasteiger partial charge in [0.15, 0.2) is 0 Å². The van der Waals surface area contributed by atoms with Crippen molar-refractivity contribution < 1.29 is 28.7 Å². The molecule has 1 aromatic rings. The van der Waals surface area contributed by atoms with Gasteiger partial charge in [-0.1, -0.05) is 30.3 Å². The molecular formula is C21H26N2O6. The molecule has 156 valence electrons. The fourth-order valence-electron chi connectivity index (χ4n) is 2.83. The number of carbonyl (C=O) groups is 4. The molecule has 0 radical (unpaired) electrons. The summed E-state index contributed by atoms with van der Waals surface area (Å²) in [4.78, 5) is 49.1. The summed E-state index contributed by atoms with van der Waals surface area (Å²) in [5.74, 6) is -1.39. The van der Waals surface area contributed by atoms with Crippen molar-refractivity contribution in [2.45, 2.75) is 45.8 Å². The van der Waals surface area contributed by atoms with Crippen LogP contribution in [-0.2, 0) is 35.1 Å². The number of nitrogens with zero attached hydrogens (tertiary/aromatic N) is 1. The highest BCUT2D eigenvalue weighted by Gasteiger charge is 2.43. The summed E-state index contributed by atoms with van der Waals surface area (Å²) in [6.45, 7) is 6.97. The number of esters is 1. The maximum atomic E-state index is 12.6. The van der Waals surface area contributed by atoms with Crippen LogP contribution in [0.5, 0.6) is 0 Å². The molecule has 0 spiro atoms. The Bertz CT molecular complexity index is 810. The summed E-state index contributed by atoms with van der Waals surface area (Å²) >= 11 is 0. The van der Waals surface area contributed by atoms with Crippen LogP contribution in [0.15, 0.2) is 41.6 Å². The second kappa shape index (κ2) is 9.36. The second-order valence-electron chi connectivity index (χ2n) is 7.77. The lowest BCUT2D eigenvalue weighted by Gasteiger charge is -2.40. The molecule has 0 bridgehead atoms. The zero-order valence-corrected chi connectivity index (χ0v) is 17.1. The van der Waals surface area contributed by atoms with Crippen LogP contribution < -0.4 is 5.32 Å². The molecule has 1 unspecified atom stereocenters. The van der Waals surface area contributed by atoms with Gasteiger partial charge >= 0.3 is 5.97 Å². The van der Waals surface area contributed by atoms with Crippen LogP contribution in [0.2, 0.25) is 0 Å². The van der Waals surface area contributed by atoms with Crippen LogP contribution in [0.4, 0.5) is 0 Å². The Kier molecular flexibility index (Phi) is 7.14. The minimum absolute atomic E-state index is 0.0281. The Morgan fingerprint density at radius 3 is 2.45 bits per heavy atom. The third-order valence-corrected chi connectivity index (χ3v) is 4.11. The van der Waals surface area contributed by atoms with Gasteiger partial charge in [-0.05, 0) is 38.8 Å². The number of β-lactam (4-membered cyclic amide) rings is 1. The predicted molar refractivity (Wildman–Crippen MR) is 104 cm³/mol. The third-order valence-electron chi connectivity index (χ3n) is 4.11. The van der Waals surface area contributed by atoms with Gasteiger partial charge in [0.1, 0.15) is 23.9 Å². The van der Waals surface area contributed by atoms with E-state index in [0.29, 0.717) is 5.57 Å². The van der Waals surface area contributed by atoms with Crippen LogP contribution >= 0.6 is 0 Å². The molecule has 0 aliphatic carbocycles. The van der Waals surface area contributed by atoms with Gasteiger partial charge in [-0.25, -0.2) is 4.79 Å². The first-order valence-electron chi connectivity index (χ1n) is 9.25. The lowest BCUT2D eigenvalue weighted by Crippen LogP contribution is -2.64. The van der Waals surface area contributed by atoms with Gasteiger partial charge < -0.3 is 19.7 Å². The SMILES string of the molecule is C/C(COC=O)=C(\C(=O)OC(C)(C)C)N1CC(NC(=O)Cc2ccccc2)C1=O. The first kappa shape index (κ1) is 22.1. The summed E-state index contributed by atoms with van der Waals surface area (Å²) in [5, 5.41) is 2.68. The fraction of sp³-hybridized carbons (Fsp3) is 0.429. The fourth-order valence-corrected chi connectivity index (χ4v) is 2.83. The molecule has 1 N–H and O–H groups in total. The van der Waals surface area contributed by atoms with E-state index in [2.05, 4.69) is 5.32 Å². The minimum atomic E-state index is -0.759. The zero-order valence-electron chi connectivity index (χ0n) is 17.1. The van der Waals surface area contributed by atoms with E-state index in [9.17, 15) is 19.2 Å². The van der Waals surface area contributed by atoms with Gasteiger partial charge in [0.2, 0.25) is 5.91 Å². The molecule has 1 atom stereocenters. The van der Waals surface area contributed by atoms with Gasteiger partial charge in [0.05, 0.1) is 13.0 Å². The number of amides is 2. The smallest absolute Gasteiger partial charge is 0.355 e. The van der Waals surface area contributed by atoms with Gasteiger partial charge in [0.25, 0.3) is 12.4 Å². The van der Waals surface area contributed by atoms with Crippen molar-refractivity contribution in [1.29, 1.82) is 0 Å². The number of rotatable bonds is 8. The van der Waals surface area contributed by atoms with Crippen molar-refractivity contribution in [3.63, 3.8) is 0 Å². The highest BCUT2D eigenvalue weighted by Crippen LogP contribution is 2.24. The lowest BCUT2D eigenvalue weighted by molar-refractivity contribution is -0.158. The molecule has 29 heavy (non-hydrogen) atoms. The molecular weight excluding hydrogens is 376 g/mol. The second-order valence-corrected chi connectivity index (χ2v) is 7.77. The van der Waals surface area contributed by atoms with E-state index < -0.39 is 23.5 Å². The van der Waals surface area contributed by atoms with E-state index in [-0.39, 0.29) is 37.6 Å². The zero-order chi connectivity index (χ0) is 21.6. The predicted octanol–water partition coefficient (Wildman–Crippen LogP) is 1.34. The maximum Gasteiger partial charge on any atom is 0.355 e. The number of nitrogens with one attached hydrogen (secondary N) is 1. The Morgan fingerprint density at radius 2 is 1.90 bits per heavy atom. The average Bonchev–Trinajstić information content (AvgIpc) is 2.64. The monoisotopic (exact) mass is 402 g/mol. The van der Waals surface area contributed by atoms with Crippen LogP contribution in [0.1, 0.15) is 33.3 Å². The number of ether oxygens (including phenoxy) is 2. The van der Waals surface area contributed by atoms with Crippen molar-refractivity contribution in [3.05, 3.63) is 47.2 Å². The van der Waals surface area contributed by atoms with Crippen molar-refractivity contribution >= 4 is 24.3 Å². The Morgan fingerprint density at radius 1 is 1.24 bits per heavy atom. The van der Waals surface area contributed by atoms with E-state index in [1.54, 1.807) is 27.7 Å². The Hall–Kier alpha value is -3.16. The molecule has 1 saturated heterocycles. The first-order chi connectivity index (χ1) is 13.6. The van der Waals surface area contributed by atoms with E-state index in [1.807, 2.05) is 30.3 Å². The Balaban J connectivity index is 2.06. The van der Waals surface area contributed by atoms with Crippen LogP contribution in [0.3, 0.4) is 0 Å². The first-order valence-corrected chi connectivity index (χ1v) is 9.25. The third kappa shape index (κ3) is 6.17. The number of hydrogen-bond acceptors (Lipinski definition) is 6. The van der Waals surface area contributed by atoms with Crippen LogP contribution in [0.25, 0.3) is 0 Å². The molecule has 8 heteroatoms. The number of hydrogen-bond donors (Lipinski definition) is 1. The summed E-state index contributed by atoms with van der Waals surface area (Å²) in [5.41, 5.74) is 0.490. The van der Waals surface area contributed by atoms with Gasteiger partial charge in [-0.2, -0.15) is 0 Å². The lowest BCUT2D eigenvalue weighted by atomic mass is 10.0. The largest absolute Gasteiger partial charge is 0.463 e. The molecule has 1 aromatic carbocycles. The van der Waals surface area contributed by atoms with Gasteiger partial charge in [-0.15, -0.1) is 0 Å². The van der Waals surface area contributed by atoms with Crippen molar-refractivity contribution in [1.82, 2.24) is 10.2 Å². The van der Waals surface area contributed by atoms with E-state index >= 15 is 0 Å². The van der Waals surface area contributed by atoms with Crippen LogP contribution in [0, 0.1) is 0 Å². The summed E-state index contributed by atoms with van der Waals surface area (Å²) < 4.78 is 10.1. The highest BCUT2D eigenvalue weighted by molar-refractivity contribution is 6.01. The molecule has 8 nitrogen and oxygen atoms in total. The molecule has 1 aliphatic rings. The molecule has 0 saturated carbocycles. The molecule has 2 amide bonds. The standard InChI is InChI=1S/C21H26N2O6/c1-14(12-28-13-24)18(20(27)29-21(2,3)4)23-11-16(19(23)26)22-17(25)10-15-8-6-5-7-9-15/h5-9,13,16H,10-12H2,1-4H3,(H,22,25)/b18-14-. The summed E-state index contributed by atoms with van der Waals surface area (Å²) in [6.07, 6.45) is 0.158. The van der Waals surface area contributed by atoms with Crippen molar-refractivity contribution in [2.75, 3.05) is 13.2 Å². The normalized spacial score (nSPS) is 17.0. The molecule has 2 rings (SSSR count). The van der Waals surface area contributed by atoms with E-state index in [1.165, 1.54) is 4.90 Å². The Labute approximate surface area is 169 Å². The maximum absolute atomic E-state index is 12.6. The average molecular weight is 402 g/mol. The van der Waals surface area contributed by atoms with Crippen molar-refractivity contribution in [2.24, 2.45) is 0 Å². The van der Waals surface area contributed by atoms with Crippen molar-refractivity contribution in [3.8, 4) is 0 Å². The number of carbonyl (C=O) groups excluding carboxylic acids is 4. The minimum Gasteiger partial charge on any atom is -0.463 e. The summed E-state index contributed by atoms with van der Waals surface area (Å²) in [6, 6.07) is 8.46. The number of likely N-dealkylation sites (tertiary alicyclic amines) is 1. The molecule has 1 aliphatic heterocycles. The molecule has 1 heterocycles. The van der Waals surface area contributed by atoms with E-state index in [4.69, 9.17) is 9.47 Å². The summed E-state index contributed by atoms with van der Waals surface area (Å²) in [7, 11) is 0. The highest BCUT2D eigenvalue weighted by atomic mass is 16.6.